The first kappa shape index (κ1) is 17.3. The number of urea groups is 1. The lowest BCUT2D eigenvalue weighted by Gasteiger charge is -2.22. The van der Waals surface area contributed by atoms with Crippen molar-refractivity contribution in [1.82, 2.24) is 15.4 Å². The number of benzene rings is 2. The number of hydrogen-bond acceptors (Lipinski definition) is 4. The molecule has 1 aliphatic rings. The van der Waals surface area contributed by atoms with Gasteiger partial charge < -0.3 is 9.84 Å². The summed E-state index contributed by atoms with van der Waals surface area (Å²) in [6, 6.07) is 17.6. The lowest BCUT2D eigenvalue weighted by molar-refractivity contribution is -0.131. The summed E-state index contributed by atoms with van der Waals surface area (Å²) in [5, 5.41) is 7.31. The number of nitrogens with one attached hydrogen (secondary N) is 1. The Morgan fingerprint density at radius 2 is 1.81 bits per heavy atom. The van der Waals surface area contributed by atoms with E-state index < -0.39 is 11.6 Å². The van der Waals surface area contributed by atoms with Crippen LogP contribution in [-0.2, 0) is 16.9 Å². The van der Waals surface area contributed by atoms with E-state index in [-0.39, 0.29) is 12.5 Å². The van der Waals surface area contributed by atoms with Crippen molar-refractivity contribution in [2.75, 3.05) is 0 Å². The molecule has 2 aromatic carbocycles. The number of carbonyl (C=O) groups is 2. The van der Waals surface area contributed by atoms with E-state index in [2.05, 4.69) is 10.5 Å². The van der Waals surface area contributed by atoms with Gasteiger partial charge in [0, 0.05) is 16.7 Å². The van der Waals surface area contributed by atoms with Gasteiger partial charge in [0.1, 0.15) is 11.2 Å². The van der Waals surface area contributed by atoms with Crippen LogP contribution >= 0.6 is 11.6 Å². The number of imide groups is 1. The Labute approximate surface area is 160 Å². The molecule has 1 aliphatic heterocycles. The van der Waals surface area contributed by atoms with E-state index in [1.807, 2.05) is 30.3 Å². The van der Waals surface area contributed by atoms with Gasteiger partial charge in [0.25, 0.3) is 5.91 Å². The quantitative estimate of drug-likeness (QED) is 0.694. The molecule has 0 bridgehead atoms. The van der Waals surface area contributed by atoms with E-state index in [0.29, 0.717) is 22.0 Å². The summed E-state index contributed by atoms with van der Waals surface area (Å²) in [4.78, 5) is 26.5. The number of carbonyl (C=O) groups excluding carboxylic acids is 2. The summed E-state index contributed by atoms with van der Waals surface area (Å²) in [5.74, 6) is 0.234. The fraction of sp³-hybridized carbons (Fsp3) is 0.150. The average Bonchev–Trinajstić information content (AvgIpc) is 3.22. The highest BCUT2D eigenvalue weighted by Gasteiger charge is 2.49. The predicted octanol–water partition coefficient (Wildman–Crippen LogP) is 3.96. The highest BCUT2D eigenvalue weighted by atomic mass is 35.5. The fourth-order valence-corrected chi connectivity index (χ4v) is 3.23. The van der Waals surface area contributed by atoms with Crippen LogP contribution in [0.5, 0.6) is 0 Å². The average molecular weight is 382 g/mol. The first-order valence-electron chi connectivity index (χ1n) is 8.38. The summed E-state index contributed by atoms with van der Waals surface area (Å²) in [5.41, 5.74) is 0.892. The van der Waals surface area contributed by atoms with Gasteiger partial charge in [0.15, 0.2) is 5.76 Å². The molecule has 1 N–H and O–H groups in total. The normalized spacial score (nSPS) is 19.4. The molecular formula is C20H16ClN3O3. The summed E-state index contributed by atoms with van der Waals surface area (Å²) in [6.45, 7) is 1.71. The first-order valence-corrected chi connectivity index (χ1v) is 8.76. The molecule has 3 amide bonds. The standard InChI is InChI=1S/C20H16ClN3O3/c1-20(14-7-9-15(21)10-8-14)18(25)24(19(26)22-20)12-16-11-17(27-23-16)13-5-3-2-4-6-13/h2-11H,12H2,1H3,(H,22,26). The number of halogens is 1. The maximum Gasteiger partial charge on any atom is 0.325 e. The second kappa shape index (κ2) is 6.55. The van der Waals surface area contributed by atoms with Crippen molar-refractivity contribution in [3.05, 3.63) is 76.9 Å². The van der Waals surface area contributed by atoms with Crippen LogP contribution in [0.1, 0.15) is 18.2 Å². The van der Waals surface area contributed by atoms with Crippen LogP contribution in [0.4, 0.5) is 4.79 Å². The zero-order chi connectivity index (χ0) is 19.0. The third kappa shape index (κ3) is 3.08. The number of hydrogen-bond donors (Lipinski definition) is 1. The van der Waals surface area contributed by atoms with Gasteiger partial charge in [-0.2, -0.15) is 0 Å². The van der Waals surface area contributed by atoms with Gasteiger partial charge >= 0.3 is 6.03 Å². The highest BCUT2D eigenvalue weighted by Crippen LogP contribution is 2.31. The van der Waals surface area contributed by atoms with E-state index in [1.165, 1.54) is 0 Å². The number of nitrogens with zero attached hydrogens (tertiary/aromatic N) is 2. The molecule has 1 saturated heterocycles. The van der Waals surface area contributed by atoms with Crippen LogP contribution in [0.15, 0.2) is 65.2 Å². The van der Waals surface area contributed by atoms with Crippen LogP contribution < -0.4 is 5.32 Å². The number of amides is 3. The van der Waals surface area contributed by atoms with Crippen molar-refractivity contribution in [2.45, 2.75) is 19.0 Å². The van der Waals surface area contributed by atoms with E-state index in [4.69, 9.17) is 16.1 Å². The topological polar surface area (TPSA) is 75.4 Å². The Kier molecular flexibility index (Phi) is 4.20. The molecule has 27 heavy (non-hydrogen) atoms. The van der Waals surface area contributed by atoms with Gasteiger partial charge in [0.05, 0.1) is 6.54 Å². The second-order valence-corrected chi connectivity index (χ2v) is 6.94. The summed E-state index contributed by atoms with van der Waals surface area (Å²) in [6.07, 6.45) is 0. The van der Waals surface area contributed by atoms with Crippen LogP contribution in [0.25, 0.3) is 11.3 Å². The Balaban J connectivity index is 1.56. The van der Waals surface area contributed by atoms with E-state index in [0.717, 1.165) is 10.5 Å². The molecule has 3 aromatic rings. The van der Waals surface area contributed by atoms with Gasteiger partial charge in [-0.3, -0.25) is 9.69 Å². The smallest absolute Gasteiger partial charge is 0.325 e. The van der Waals surface area contributed by atoms with Gasteiger partial charge in [-0.1, -0.05) is 59.2 Å². The lowest BCUT2D eigenvalue weighted by Crippen LogP contribution is -2.40. The zero-order valence-corrected chi connectivity index (χ0v) is 15.2. The molecule has 0 spiro atoms. The molecule has 7 heteroatoms. The highest BCUT2D eigenvalue weighted by molar-refractivity contribution is 6.30. The van der Waals surface area contributed by atoms with Crippen molar-refractivity contribution < 1.29 is 14.1 Å². The molecule has 1 unspecified atom stereocenters. The molecule has 1 fully saturated rings. The Hall–Kier alpha value is -3.12. The molecule has 6 nitrogen and oxygen atoms in total. The summed E-state index contributed by atoms with van der Waals surface area (Å²) < 4.78 is 5.35. The molecule has 0 saturated carbocycles. The molecule has 2 heterocycles. The summed E-state index contributed by atoms with van der Waals surface area (Å²) in [7, 11) is 0. The fourth-order valence-electron chi connectivity index (χ4n) is 3.11. The third-order valence-electron chi connectivity index (χ3n) is 4.63. The third-order valence-corrected chi connectivity index (χ3v) is 4.89. The second-order valence-electron chi connectivity index (χ2n) is 6.50. The minimum Gasteiger partial charge on any atom is -0.356 e. The van der Waals surface area contributed by atoms with E-state index in [9.17, 15) is 9.59 Å². The van der Waals surface area contributed by atoms with E-state index >= 15 is 0 Å². The van der Waals surface area contributed by atoms with Crippen LogP contribution in [0.3, 0.4) is 0 Å². The molecule has 1 aromatic heterocycles. The van der Waals surface area contributed by atoms with Crippen LogP contribution in [-0.4, -0.2) is 22.0 Å². The lowest BCUT2D eigenvalue weighted by atomic mass is 9.92. The van der Waals surface area contributed by atoms with Gasteiger partial charge in [0.2, 0.25) is 0 Å². The Morgan fingerprint density at radius 3 is 2.52 bits per heavy atom. The number of rotatable bonds is 4. The maximum atomic E-state index is 13.0. The molecule has 1 atom stereocenters. The van der Waals surface area contributed by atoms with Crippen molar-refractivity contribution in [2.24, 2.45) is 0 Å². The monoisotopic (exact) mass is 381 g/mol. The largest absolute Gasteiger partial charge is 0.356 e. The number of aromatic nitrogens is 1. The molecule has 0 radical (unpaired) electrons. The van der Waals surface area contributed by atoms with Crippen LogP contribution in [0.2, 0.25) is 5.02 Å². The minimum absolute atomic E-state index is 0.0319. The Bertz CT molecular complexity index is 1000. The van der Waals surface area contributed by atoms with Gasteiger partial charge in [-0.05, 0) is 24.6 Å². The van der Waals surface area contributed by atoms with Crippen molar-refractivity contribution >= 4 is 23.5 Å². The van der Waals surface area contributed by atoms with Crippen LogP contribution in [0, 0.1) is 0 Å². The molecule has 0 aliphatic carbocycles. The van der Waals surface area contributed by atoms with Crippen molar-refractivity contribution in [3.63, 3.8) is 0 Å². The SMILES string of the molecule is CC1(c2ccc(Cl)cc2)NC(=O)N(Cc2cc(-c3ccccc3)on2)C1=O. The maximum absolute atomic E-state index is 13.0. The zero-order valence-electron chi connectivity index (χ0n) is 14.5. The van der Waals surface area contributed by atoms with Gasteiger partial charge in [-0.25, -0.2) is 4.79 Å². The Morgan fingerprint density at radius 1 is 1.11 bits per heavy atom. The first-order chi connectivity index (χ1) is 13.0. The molecular weight excluding hydrogens is 366 g/mol. The van der Waals surface area contributed by atoms with E-state index in [1.54, 1.807) is 37.3 Å². The van der Waals surface area contributed by atoms with Crippen molar-refractivity contribution in [3.8, 4) is 11.3 Å². The van der Waals surface area contributed by atoms with Gasteiger partial charge in [-0.15, -0.1) is 0 Å². The minimum atomic E-state index is -1.15. The predicted molar refractivity (Wildman–Crippen MR) is 99.8 cm³/mol. The molecule has 136 valence electrons. The summed E-state index contributed by atoms with van der Waals surface area (Å²) >= 11 is 5.92. The van der Waals surface area contributed by atoms with Crippen molar-refractivity contribution in [1.29, 1.82) is 0 Å². The molecule has 4 rings (SSSR count).